The molecule has 1 aromatic carbocycles. The first-order valence-corrected chi connectivity index (χ1v) is 10.1. The van der Waals surface area contributed by atoms with Crippen LogP contribution < -0.4 is 4.74 Å². The summed E-state index contributed by atoms with van der Waals surface area (Å²) in [6.07, 6.45) is 0. The highest BCUT2D eigenvalue weighted by atomic mass is 32.2. The predicted octanol–water partition coefficient (Wildman–Crippen LogP) is 1.68. The summed E-state index contributed by atoms with van der Waals surface area (Å²) in [5, 5.41) is 0. The van der Waals surface area contributed by atoms with Gasteiger partial charge in [0.25, 0.3) is 5.91 Å². The zero-order valence-electron chi connectivity index (χ0n) is 13.2. The summed E-state index contributed by atoms with van der Waals surface area (Å²) in [5.41, 5.74) is 0. The smallest absolute Gasteiger partial charge is 0.261 e. The van der Waals surface area contributed by atoms with Crippen LogP contribution in [0.15, 0.2) is 24.3 Å². The Hall–Kier alpha value is -1.41. The van der Waals surface area contributed by atoms with Crippen molar-refractivity contribution >= 4 is 35.3 Å². The van der Waals surface area contributed by atoms with Gasteiger partial charge >= 0.3 is 0 Å². The van der Waals surface area contributed by atoms with Crippen molar-refractivity contribution in [2.75, 3.05) is 42.8 Å². The number of thioether (sulfide) groups is 2. The van der Waals surface area contributed by atoms with Gasteiger partial charge in [0.15, 0.2) is 18.2 Å². The monoisotopic (exact) mass is 370 g/mol. The molecule has 1 atom stereocenters. The van der Waals surface area contributed by atoms with Crippen molar-refractivity contribution in [3.05, 3.63) is 30.1 Å². The van der Waals surface area contributed by atoms with Gasteiger partial charge in [-0.3, -0.25) is 9.59 Å². The van der Waals surface area contributed by atoms with E-state index in [0.717, 1.165) is 24.6 Å². The van der Waals surface area contributed by atoms with Crippen LogP contribution in [0.25, 0.3) is 0 Å². The lowest BCUT2D eigenvalue weighted by atomic mass is 10.2. The molecule has 1 unspecified atom stereocenters. The lowest BCUT2D eigenvalue weighted by Gasteiger charge is -2.31. The first kappa shape index (κ1) is 17.4. The highest BCUT2D eigenvalue weighted by molar-refractivity contribution is 7.99. The van der Waals surface area contributed by atoms with E-state index in [9.17, 15) is 14.0 Å². The topological polar surface area (TPSA) is 49.9 Å². The molecule has 2 heterocycles. The molecule has 0 N–H and O–H groups in total. The summed E-state index contributed by atoms with van der Waals surface area (Å²) in [6, 6.07) is 5.54. The van der Waals surface area contributed by atoms with Crippen LogP contribution in [0.3, 0.4) is 0 Å². The second-order valence-electron chi connectivity index (χ2n) is 5.54. The van der Waals surface area contributed by atoms with Gasteiger partial charge in [0, 0.05) is 30.3 Å². The van der Waals surface area contributed by atoms with Gasteiger partial charge < -0.3 is 14.5 Å². The van der Waals surface area contributed by atoms with Gasteiger partial charge in [0.05, 0.1) is 5.88 Å². The van der Waals surface area contributed by atoms with Crippen LogP contribution in [0.5, 0.6) is 5.75 Å². The van der Waals surface area contributed by atoms with Crippen molar-refractivity contribution in [1.29, 1.82) is 0 Å². The summed E-state index contributed by atoms with van der Waals surface area (Å²) < 4.78 is 18.8. The number of amides is 2. The molecule has 130 valence electrons. The zero-order valence-corrected chi connectivity index (χ0v) is 14.8. The van der Waals surface area contributed by atoms with Crippen molar-refractivity contribution in [2.24, 2.45) is 0 Å². The summed E-state index contributed by atoms with van der Waals surface area (Å²) in [7, 11) is 0. The summed E-state index contributed by atoms with van der Waals surface area (Å²) in [5.74, 6) is 2.24. The first-order chi connectivity index (χ1) is 11.7. The molecule has 1 aromatic rings. The number of carbonyl (C=O) groups is 2. The molecule has 24 heavy (non-hydrogen) atoms. The first-order valence-electron chi connectivity index (χ1n) is 7.78. The Bertz CT molecular complexity index is 611. The van der Waals surface area contributed by atoms with Crippen molar-refractivity contribution in [1.82, 2.24) is 9.80 Å². The maximum absolute atomic E-state index is 13.5. The Labute approximate surface area is 148 Å². The zero-order chi connectivity index (χ0) is 16.9. The number of hydrogen-bond acceptors (Lipinski definition) is 5. The van der Waals surface area contributed by atoms with Crippen molar-refractivity contribution in [2.45, 2.75) is 6.04 Å². The third kappa shape index (κ3) is 3.97. The van der Waals surface area contributed by atoms with E-state index < -0.39 is 11.9 Å². The molecule has 0 radical (unpaired) electrons. The van der Waals surface area contributed by atoms with Crippen LogP contribution in [0, 0.1) is 5.82 Å². The molecule has 0 saturated carbocycles. The maximum Gasteiger partial charge on any atom is 0.261 e. The van der Waals surface area contributed by atoms with E-state index in [-0.39, 0.29) is 24.2 Å². The average molecular weight is 370 g/mol. The number of benzene rings is 1. The van der Waals surface area contributed by atoms with Crippen molar-refractivity contribution in [3.8, 4) is 5.75 Å². The van der Waals surface area contributed by atoms with E-state index in [4.69, 9.17) is 4.74 Å². The molecule has 0 spiro atoms. The molecule has 0 aromatic heterocycles. The SMILES string of the molecule is O=C(C1CSCN1C(=O)COc1ccccc1F)N1CCSCC1. The Morgan fingerprint density at radius 3 is 2.71 bits per heavy atom. The Morgan fingerprint density at radius 2 is 1.96 bits per heavy atom. The molecular weight excluding hydrogens is 351 g/mol. The third-order valence-corrected chi connectivity index (χ3v) is 5.95. The average Bonchev–Trinajstić information content (AvgIpc) is 3.10. The van der Waals surface area contributed by atoms with E-state index in [1.165, 1.54) is 12.1 Å². The molecule has 2 amide bonds. The van der Waals surface area contributed by atoms with Crippen LogP contribution in [0.1, 0.15) is 0 Å². The normalized spacial score (nSPS) is 21.0. The van der Waals surface area contributed by atoms with Gasteiger partial charge in [0.1, 0.15) is 6.04 Å². The number of nitrogens with zero attached hydrogens (tertiary/aromatic N) is 2. The van der Waals surface area contributed by atoms with Gasteiger partial charge in [-0.15, -0.1) is 11.8 Å². The second kappa shape index (κ2) is 8.11. The highest BCUT2D eigenvalue weighted by Gasteiger charge is 2.37. The largest absolute Gasteiger partial charge is 0.481 e. The second-order valence-corrected chi connectivity index (χ2v) is 7.76. The van der Waals surface area contributed by atoms with Crippen LogP contribution in [-0.2, 0) is 9.59 Å². The maximum atomic E-state index is 13.5. The van der Waals surface area contributed by atoms with Gasteiger partial charge in [0.2, 0.25) is 5.91 Å². The molecule has 5 nitrogen and oxygen atoms in total. The minimum atomic E-state index is -0.500. The third-order valence-electron chi connectivity index (χ3n) is 4.00. The van der Waals surface area contributed by atoms with Gasteiger partial charge in [-0.1, -0.05) is 12.1 Å². The lowest BCUT2D eigenvalue weighted by Crippen LogP contribution is -2.51. The highest BCUT2D eigenvalue weighted by Crippen LogP contribution is 2.24. The van der Waals surface area contributed by atoms with E-state index >= 15 is 0 Å². The molecule has 3 rings (SSSR count). The van der Waals surface area contributed by atoms with E-state index in [0.29, 0.717) is 11.6 Å². The molecule has 2 aliphatic heterocycles. The number of para-hydroxylation sites is 1. The standard InChI is InChI=1S/C16H19FN2O3S2/c17-12-3-1-2-4-14(12)22-9-15(20)19-11-24-10-13(19)16(21)18-5-7-23-8-6-18/h1-4,13H,5-11H2. The van der Waals surface area contributed by atoms with Crippen LogP contribution in [-0.4, -0.2) is 70.5 Å². The van der Waals surface area contributed by atoms with E-state index in [1.807, 2.05) is 16.7 Å². The number of halogens is 1. The lowest BCUT2D eigenvalue weighted by molar-refractivity contribution is -0.144. The van der Waals surface area contributed by atoms with E-state index in [2.05, 4.69) is 0 Å². The molecule has 0 aliphatic carbocycles. The Kier molecular flexibility index (Phi) is 5.89. The molecular formula is C16H19FN2O3S2. The van der Waals surface area contributed by atoms with E-state index in [1.54, 1.807) is 28.8 Å². The summed E-state index contributed by atoms with van der Waals surface area (Å²) in [6.45, 7) is 1.21. The predicted molar refractivity (Wildman–Crippen MR) is 93.8 cm³/mol. The van der Waals surface area contributed by atoms with Crippen molar-refractivity contribution < 1.29 is 18.7 Å². The fourth-order valence-electron chi connectivity index (χ4n) is 2.67. The number of rotatable bonds is 4. The van der Waals surface area contributed by atoms with Gasteiger partial charge in [-0.05, 0) is 12.1 Å². The molecule has 2 saturated heterocycles. The molecule has 8 heteroatoms. The summed E-state index contributed by atoms with van der Waals surface area (Å²) >= 11 is 3.40. The number of hydrogen-bond donors (Lipinski definition) is 0. The van der Waals surface area contributed by atoms with Crippen LogP contribution >= 0.6 is 23.5 Å². The quantitative estimate of drug-likeness (QED) is 0.807. The van der Waals surface area contributed by atoms with Crippen molar-refractivity contribution in [3.63, 3.8) is 0 Å². The molecule has 2 aliphatic rings. The number of carbonyl (C=O) groups excluding carboxylic acids is 2. The fraction of sp³-hybridized carbons (Fsp3) is 0.500. The van der Waals surface area contributed by atoms with Crippen LogP contribution in [0.4, 0.5) is 4.39 Å². The minimum absolute atomic E-state index is 0.0135. The molecule has 2 fully saturated rings. The fourth-order valence-corrected chi connectivity index (χ4v) is 4.75. The Morgan fingerprint density at radius 1 is 1.21 bits per heavy atom. The molecule has 0 bridgehead atoms. The number of ether oxygens (including phenoxy) is 1. The summed E-state index contributed by atoms with van der Waals surface area (Å²) in [4.78, 5) is 28.5. The van der Waals surface area contributed by atoms with Crippen LogP contribution in [0.2, 0.25) is 0 Å². The minimum Gasteiger partial charge on any atom is -0.481 e. The van der Waals surface area contributed by atoms with Gasteiger partial charge in [-0.2, -0.15) is 11.8 Å². The van der Waals surface area contributed by atoms with Gasteiger partial charge in [-0.25, -0.2) is 4.39 Å². The Balaban J connectivity index is 1.59.